The zero-order valence-corrected chi connectivity index (χ0v) is 17.4. The maximum absolute atomic E-state index is 13.0. The lowest BCUT2D eigenvalue weighted by Crippen LogP contribution is -2.50. The molecule has 10 heteroatoms. The smallest absolute Gasteiger partial charge is 0.250 e. The van der Waals surface area contributed by atoms with Gasteiger partial charge in [-0.15, -0.1) is 0 Å². The molecule has 1 aliphatic heterocycles. The molecule has 2 amide bonds. The number of rotatable bonds is 4. The van der Waals surface area contributed by atoms with Gasteiger partial charge in [0.05, 0.1) is 10.0 Å². The van der Waals surface area contributed by atoms with Crippen molar-refractivity contribution in [3.05, 3.63) is 46.8 Å². The maximum atomic E-state index is 13.0. The predicted octanol–water partition coefficient (Wildman–Crippen LogP) is 1.60. The van der Waals surface area contributed by atoms with E-state index >= 15 is 0 Å². The molecule has 2 aromatic heterocycles. The number of hydrogen-bond acceptors (Lipinski definition) is 6. The SMILES string of the molecule is CC(C(=O)N1CCN(c2ncc(Br)cn2)CC1)n1cc2cccc(C(N)=O)c2n1. The summed E-state index contributed by atoms with van der Waals surface area (Å²) >= 11 is 3.33. The van der Waals surface area contributed by atoms with Crippen LogP contribution < -0.4 is 10.6 Å². The molecule has 1 atom stereocenters. The van der Waals surface area contributed by atoms with Gasteiger partial charge in [0.1, 0.15) is 11.6 Å². The summed E-state index contributed by atoms with van der Waals surface area (Å²) in [5.74, 6) is 0.103. The van der Waals surface area contributed by atoms with Gasteiger partial charge in [-0.25, -0.2) is 9.97 Å². The minimum absolute atomic E-state index is 0.0187. The van der Waals surface area contributed by atoms with Crippen molar-refractivity contribution in [1.29, 1.82) is 0 Å². The standard InChI is InChI=1S/C19H20BrN7O2/c1-12(27-11-13-3-2-4-15(17(21)28)16(13)24-27)18(29)25-5-7-26(8-6-25)19-22-9-14(20)10-23-19/h2-4,9-12H,5-8H2,1H3,(H2,21,28). The Morgan fingerprint density at radius 1 is 1.14 bits per heavy atom. The Morgan fingerprint density at radius 2 is 1.83 bits per heavy atom. The van der Waals surface area contributed by atoms with Crippen LogP contribution in [0.5, 0.6) is 0 Å². The second-order valence-electron chi connectivity index (χ2n) is 6.91. The molecule has 0 saturated carbocycles. The first kappa shape index (κ1) is 19.3. The summed E-state index contributed by atoms with van der Waals surface area (Å²) in [4.78, 5) is 37.1. The summed E-state index contributed by atoms with van der Waals surface area (Å²) < 4.78 is 2.43. The van der Waals surface area contributed by atoms with E-state index in [9.17, 15) is 9.59 Å². The van der Waals surface area contributed by atoms with E-state index in [1.165, 1.54) is 0 Å². The molecule has 0 bridgehead atoms. The molecule has 29 heavy (non-hydrogen) atoms. The van der Waals surface area contributed by atoms with Crippen molar-refractivity contribution in [2.45, 2.75) is 13.0 Å². The van der Waals surface area contributed by atoms with Crippen LogP contribution >= 0.6 is 15.9 Å². The number of halogens is 1. The summed E-state index contributed by atoms with van der Waals surface area (Å²) in [5.41, 5.74) is 6.29. The topological polar surface area (TPSA) is 110 Å². The number of amides is 2. The Labute approximate surface area is 175 Å². The van der Waals surface area contributed by atoms with Crippen LogP contribution in [0.15, 0.2) is 41.3 Å². The third kappa shape index (κ3) is 3.80. The average Bonchev–Trinajstić information content (AvgIpc) is 3.17. The van der Waals surface area contributed by atoms with Crippen LogP contribution in [0.3, 0.4) is 0 Å². The Balaban J connectivity index is 1.46. The lowest BCUT2D eigenvalue weighted by Gasteiger charge is -2.35. The minimum Gasteiger partial charge on any atom is -0.366 e. The van der Waals surface area contributed by atoms with Gasteiger partial charge in [-0.2, -0.15) is 5.10 Å². The number of anilines is 1. The second-order valence-corrected chi connectivity index (χ2v) is 7.82. The summed E-state index contributed by atoms with van der Waals surface area (Å²) in [7, 11) is 0. The molecule has 1 fully saturated rings. The van der Waals surface area contributed by atoms with Gasteiger partial charge in [-0.1, -0.05) is 12.1 Å². The molecule has 3 aromatic rings. The first-order chi connectivity index (χ1) is 13.9. The largest absolute Gasteiger partial charge is 0.366 e. The van der Waals surface area contributed by atoms with Crippen LogP contribution in [-0.2, 0) is 4.79 Å². The van der Waals surface area contributed by atoms with E-state index < -0.39 is 11.9 Å². The first-order valence-corrected chi connectivity index (χ1v) is 10.0. The molecule has 1 aromatic carbocycles. The number of primary amides is 1. The molecule has 3 heterocycles. The van der Waals surface area contributed by atoms with Gasteiger partial charge in [0.2, 0.25) is 11.9 Å². The van der Waals surface area contributed by atoms with E-state index in [1.807, 2.05) is 17.9 Å². The number of benzene rings is 1. The van der Waals surface area contributed by atoms with Crippen molar-refractivity contribution in [3.8, 4) is 0 Å². The van der Waals surface area contributed by atoms with Gasteiger partial charge < -0.3 is 15.5 Å². The molecule has 0 aliphatic carbocycles. The van der Waals surface area contributed by atoms with Gasteiger partial charge in [-0.05, 0) is 28.9 Å². The van der Waals surface area contributed by atoms with Crippen LogP contribution in [-0.4, -0.2) is 62.6 Å². The molecule has 9 nitrogen and oxygen atoms in total. The van der Waals surface area contributed by atoms with Gasteiger partial charge in [0.25, 0.3) is 5.91 Å². The highest BCUT2D eigenvalue weighted by Crippen LogP contribution is 2.21. The summed E-state index contributed by atoms with van der Waals surface area (Å²) in [6.07, 6.45) is 5.20. The number of aromatic nitrogens is 4. The number of nitrogens with zero attached hydrogens (tertiary/aromatic N) is 6. The Hall–Kier alpha value is -3.01. The van der Waals surface area contributed by atoms with E-state index in [1.54, 1.807) is 35.4 Å². The van der Waals surface area contributed by atoms with E-state index in [0.29, 0.717) is 43.2 Å². The van der Waals surface area contributed by atoms with Crippen molar-refractivity contribution < 1.29 is 9.59 Å². The number of piperazine rings is 1. The van der Waals surface area contributed by atoms with E-state index in [-0.39, 0.29) is 5.91 Å². The maximum Gasteiger partial charge on any atom is 0.250 e. The zero-order chi connectivity index (χ0) is 20.5. The lowest BCUT2D eigenvalue weighted by atomic mass is 10.1. The van der Waals surface area contributed by atoms with Gasteiger partial charge >= 0.3 is 0 Å². The van der Waals surface area contributed by atoms with Crippen LogP contribution in [0.1, 0.15) is 23.3 Å². The van der Waals surface area contributed by atoms with Gasteiger partial charge in [-0.3, -0.25) is 14.3 Å². The minimum atomic E-state index is -0.536. The van der Waals surface area contributed by atoms with Crippen LogP contribution in [0.2, 0.25) is 0 Å². The van der Waals surface area contributed by atoms with Crippen molar-refractivity contribution in [2.24, 2.45) is 5.73 Å². The molecule has 0 spiro atoms. The predicted molar refractivity (Wildman–Crippen MR) is 111 cm³/mol. The summed E-state index contributed by atoms with van der Waals surface area (Å²) in [5, 5.41) is 5.23. The molecule has 1 unspecified atom stereocenters. The van der Waals surface area contributed by atoms with Crippen LogP contribution in [0, 0.1) is 0 Å². The Morgan fingerprint density at radius 3 is 2.48 bits per heavy atom. The number of nitrogens with two attached hydrogens (primary N) is 1. The number of carbonyl (C=O) groups excluding carboxylic acids is 2. The van der Waals surface area contributed by atoms with E-state index in [2.05, 4.69) is 35.9 Å². The number of carbonyl (C=O) groups is 2. The Bertz CT molecular complexity index is 1060. The third-order valence-electron chi connectivity index (χ3n) is 5.05. The fourth-order valence-electron chi connectivity index (χ4n) is 3.43. The van der Waals surface area contributed by atoms with Gasteiger partial charge in [0, 0.05) is 50.2 Å². The van der Waals surface area contributed by atoms with E-state index in [0.717, 1.165) is 9.86 Å². The molecule has 4 rings (SSSR count). The third-order valence-corrected chi connectivity index (χ3v) is 5.46. The van der Waals surface area contributed by atoms with E-state index in [4.69, 9.17) is 5.73 Å². The first-order valence-electron chi connectivity index (χ1n) is 9.23. The van der Waals surface area contributed by atoms with Crippen molar-refractivity contribution in [1.82, 2.24) is 24.6 Å². The van der Waals surface area contributed by atoms with Gasteiger partial charge in [0.15, 0.2) is 0 Å². The quantitative estimate of drug-likeness (QED) is 0.636. The fraction of sp³-hybridized carbons (Fsp3) is 0.316. The molecule has 0 radical (unpaired) electrons. The molecule has 2 N–H and O–H groups in total. The monoisotopic (exact) mass is 457 g/mol. The Kier molecular flexibility index (Phi) is 5.18. The zero-order valence-electron chi connectivity index (χ0n) is 15.8. The van der Waals surface area contributed by atoms with Crippen LogP contribution in [0.4, 0.5) is 5.95 Å². The van der Waals surface area contributed by atoms with Crippen LogP contribution in [0.25, 0.3) is 10.9 Å². The normalized spacial score (nSPS) is 15.5. The lowest BCUT2D eigenvalue weighted by molar-refractivity contribution is -0.134. The summed E-state index contributed by atoms with van der Waals surface area (Å²) in [6, 6.07) is 4.75. The highest BCUT2D eigenvalue weighted by molar-refractivity contribution is 9.10. The molecule has 1 aliphatic rings. The van der Waals surface area contributed by atoms with Crippen molar-refractivity contribution >= 4 is 44.6 Å². The summed E-state index contributed by atoms with van der Waals surface area (Å²) in [6.45, 7) is 4.29. The second kappa shape index (κ2) is 7.78. The van der Waals surface area contributed by atoms with Crippen molar-refractivity contribution in [3.63, 3.8) is 0 Å². The van der Waals surface area contributed by atoms with Crippen molar-refractivity contribution in [2.75, 3.05) is 31.1 Å². The highest BCUT2D eigenvalue weighted by Gasteiger charge is 2.27. The number of hydrogen-bond donors (Lipinski definition) is 1. The molecular formula is C19H20BrN7O2. The molecule has 150 valence electrons. The average molecular weight is 458 g/mol. The number of fused-ring (bicyclic) bond motifs is 1. The molecule has 1 saturated heterocycles. The molecular weight excluding hydrogens is 438 g/mol. The highest BCUT2D eigenvalue weighted by atomic mass is 79.9. The fourth-order valence-corrected chi connectivity index (χ4v) is 3.64.